The van der Waals surface area contributed by atoms with Crippen LogP contribution in [0.3, 0.4) is 0 Å². The minimum absolute atomic E-state index is 0.699. The number of aryl methyl sites for hydroxylation is 2. The molecule has 6 heteroatoms. The Labute approximate surface area is 132 Å². The lowest BCUT2D eigenvalue weighted by Crippen LogP contribution is -2.17. The summed E-state index contributed by atoms with van der Waals surface area (Å²) in [6.07, 6.45) is 5.79. The maximum Gasteiger partial charge on any atom is 0.257 e. The average molecular weight is 321 g/mol. The van der Waals surface area contributed by atoms with Crippen molar-refractivity contribution in [3.63, 3.8) is 0 Å². The third-order valence-electron chi connectivity index (χ3n) is 3.88. The number of fused-ring (bicyclic) bond motifs is 1. The normalized spacial score (nSPS) is 17.9. The Hall–Kier alpha value is -0.850. The first-order chi connectivity index (χ1) is 10.4. The summed E-state index contributed by atoms with van der Waals surface area (Å²) in [5.74, 6) is 3.82. The molecule has 1 saturated carbocycles. The summed E-state index contributed by atoms with van der Waals surface area (Å²) in [4.78, 5) is 2.63. The molecule has 2 aromatic rings. The Kier molecular flexibility index (Phi) is 4.01. The van der Waals surface area contributed by atoms with E-state index in [4.69, 9.17) is 4.42 Å². The number of hydrogen-bond donors (Lipinski definition) is 1. The molecule has 0 bridgehead atoms. The number of aromatic nitrogens is 2. The van der Waals surface area contributed by atoms with Gasteiger partial charge in [0.15, 0.2) is 0 Å². The van der Waals surface area contributed by atoms with E-state index >= 15 is 0 Å². The van der Waals surface area contributed by atoms with E-state index in [1.54, 1.807) is 0 Å². The molecule has 2 aliphatic rings. The van der Waals surface area contributed by atoms with Gasteiger partial charge in [-0.3, -0.25) is 0 Å². The maximum absolute atomic E-state index is 5.82. The van der Waals surface area contributed by atoms with Gasteiger partial charge in [-0.05, 0) is 49.6 Å². The highest BCUT2D eigenvalue weighted by molar-refractivity contribution is 7.98. The largest absolute Gasteiger partial charge is 0.420 e. The van der Waals surface area contributed by atoms with Gasteiger partial charge in [0.05, 0.1) is 4.88 Å². The molecule has 3 heterocycles. The fourth-order valence-corrected chi connectivity index (χ4v) is 4.83. The van der Waals surface area contributed by atoms with Crippen molar-refractivity contribution in [1.29, 1.82) is 0 Å². The van der Waals surface area contributed by atoms with E-state index in [0.29, 0.717) is 5.89 Å². The van der Waals surface area contributed by atoms with Crippen LogP contribution in [0, 0.1) is 0 Å². The first-order valence-corrected chi connectivity index (χ1v) is 9.61. The average Bonchev–Trinajstić information content (AvgIpc) is 3.04. The van der Waals surface area contributed by atoms with Gasteiger partial charge in [-0.1, -0.05) is 0 Å². The Bertz CT molecular complexity index is 595. The van der Waals surface area contributed by atoms with Crippen LogP contribution >= 0.6 is 23.1 Å². The Morgan fingerprint density at radius 3 is 3.14 bits per heavy atom. The van der Waals surface area contributed by atoms with E-state index in [1.807, 2.05) is 23.1 Å². The molecule has 1 fully saturated rings. The molecule has 0 saturated heterocycles. The first kappa shape index (κ1) is 13.8. The highest BCUT2D eigenvalue weighted by Gasteiger charge is 2.20. The van der Waals surface area contributed by atoms with Crippen molar-refractivity contribution in [3.8, 4) is 10.8 Å². The van der Waals surface area contributed by atoms with Gasteiger partial charge in [0, 0.05) is 23.1 Å². The minimum atomic E-state index is 0.699. The summed E-state index contributed by atoms with van der Waals surface area (Å²) in [7, 11) is 0. The summed E-state index contributed by atoms with van der Waals surface area (Å²) in [5.41, 5.74) is 1.46. The van der Waals surface area contributed by atoms with Crippen LogP contribution in [-0.2, 0) is 18.6 Å². The molecule has 2 aromatic heterocycles. The number of hydrogen-bond acceptors (Lipinski definition) is 6. The number of nitrogens with one attached hydrogen (secondary N) is 1. The van der Waals surface area contributed by atoms with Crippen LogP contribution in [0.2, 0.25) is 0 Å². The molecule has 1 aliphatic heterocycles. The maximum atomic E-state index is 5.82. The molecule has 0 amide bonds. The SMILES string of the molecule is c1c(-c2nnc(CCCNC3CC3)o2)sc2c1CSCC2. The van der Waals surface area contributed by atoms with Gasteiger partial charge >= 0.3 is 0 Å². The molecular weight excluding hydrogens is 302 g/mol. The third kappa shape index (κ3) is 3.33. The first-order valence-electron chi connectivity index (χ1n) is 7.64. The molecule has 0 unspecified atom stereocenters. The summed E-state index contributed by atoms with van der Waals surface area (Å²) in [5, 5.41) is 11.9. The molecule has 1 aliphatic carbocycles. The van der Waals surface area contributed by atoms with Crippen molar-refractivity contribution in [2.75, 3.05) is 12.3 Å². The van der Waals surface area contributed by atoms with Crippen LogP contribution < -0.4 is 5.32 Å². The predicted molar refractivity (Wildman–Crippen MR) is 86.8 cm³/mol. The molecule has 21 heavy (non-hydrogen) atoms. The van der Waals surface area contributed by atoms with E-state index < -0.39 is 0 Å². The standard InChI is InChI=1S/C15H19N3OS2/c1(6-16-11-3-4-11)2-14-17-18-15(19-14)13-8-10-9-20-7-5-12(10)21-13/h8,11,16H,1-7,9H2. The molecule has 4 nitrogen and oxygen atoms in total. The molecule has 0 radical (unpaired) electrons. The molecule has 0 spiro atoms. The van der Waals surface area contributed by atoms with E-state index in [0.717, 1.165) is 41.9 Å². The topological polar surface area (TPSA) is 51.0 Å². The zero-order valence-corrected chi connectivity index (χ0v) is 13.6. The summed E-state index contributed by atoms with van der Waals surface area (Å²) >= 11 is 3.83. The van der Waals surface area contributed by atoms with Crippen LogP contribution in [0.15, 0.2) is 10.5 Å². The van der Waals surface area contributed by atoms with Gasteiger partial charge in [-0.2, -0.15) is 11.8 Å². The third-order valence-corrected chi connectivity index (χ3v) is 6.12. The van der Waals surface area contributed by atoms with Crippen molar-refractivity contribution in [2.45, 2.75) is 43.9 Å². The number of rotatable bonds is 6. The summed E-state index contributed by atoms with van der Waals surface area (Å²) < 4.78 is 5.82. The van der Waals surface area contributed by atoms with Gasteiger partial charge in [0.25, 0.3) is 5.89 Å². The number of thioether (sulfide) groups is 1. The second-order valence-electron chi connectivity index (χ2n) is 5.69. The molecular formula is C15H19N3OS2. The van der Waals surface area contributed by atoms with Gasteiger partial charge in [0.1, 0.15) is 0 Å². The Morgan fingerprint density at radius 2 is 2.29 bits per heavy atom. The van der Waals surface area contributed by atoms with Crippen LogP contribution in [0.1, 0.15) is 35.6 Å². The van der Waals surface area contributed by atoms with Gasteiger partial charge < -0.3 is 9.73 Å². The van der Waals surface area contributed by atoms with E-state index in [9.17, 15) is 0 Å². The molecule has 0 atom stereocenters. The molecule has 112 valence electrons. The highest BCUT2D eigenvalue weighted by atomic mass is 32.2. The van der Waals surface area contributed by atoms with Crippen LogP contribution in [0.25, 0.3) is 10.8 Å². The highest BCUT2D eigenvalue weighted by Crippen LogP contribution is 2.36. The monoisotopic (exact) mass is 321 g/mol. The summed E-state index contributed by atoms with van der Waals surface area (Å²) in [6, 6.07) is 3.01. The minimum Gasteiger partial charge on any atom is -0.420 e. The van der Waals surface area contributed by atoms with E-state index in [2.05, 4.69) is 21.6 Å². The quantitative estimate of drug-likeness (QED) is 0.828. The lowest BCUT2D eigenvalue weighted by atomic mass is 10.2. The van der Waals surface area contributed by atoms with Crippen LogP contribution in [-0.4, -0.2) is 28.5 Å². The number of nitrogens with zero attached hydrogens (tertiary/aromatic N) is 2. The predicted octanol–water partition coefficient (Wildman–Crippen LogP) is 3.27. The lowest BCUT2D eigenvalue weighted by molar-refractivity contribution is 0.491. The van der Waals surface area contributed by atoms with Crippen molar-refractivity contribution in [2.24, 2.45) is 0 Å². The smallest absolute Gasteiger partial charge is 0.257 e. The van der Waals surface area contributed by atoms with E-state index in [1.165, 1.54) is 35.5 Å². The van der Waals surface area contributed by atoms with Gasteiger partial charge in [-0.15, -0.1) is 21.5 Å². The fourth-order valence-electron chi connectivity index (χ4n) is 2.54. The molecule has 1 N–H and O–H groups in total. The molecule has 0 aromatic carbocycles. The van der Waals surface area contributed by atoms with Gasteiger partial charge in [-0.25, -0.2) is 0 Å². The van der Waals surface area contributed by atoms with Crippen LogP contribution in [0.5, 0.6) is 0 Å². The van der Waals surface area contributed by atoms with Crippen molar-refractivity contribution in [1.82, 2.24) is 15.5 Å². The zero-order valence-electron chi connectivity index (χ0n) is 11.9. The van der Waals surface area contributed by atoms with Crippen molar-refractivity contribution in [3.05, 3.63) is 22.4 Å². The fraction of sp³-hybridized carbons (Fsp3) is 0.600. The molecule has 4 rings (SSSR count). The van der Waals surface area contributed by atoms with E-state index in [-0.39, 0.29) is 0 Å². The number of thiophene rings is 1. The summed E-state index contributed by atoms with van der Waals surface area (Å²) in [6.45, 7) is 1.05. The second kappa shape index (κ2) is 6.10. The zero-order chi connectivity index (χ0) is 14.1. The van der Waals surface area contributed by atoms with Crippen molar-refractivity contribution >= 4 is 23.1 Å². The lowest BCUT2D eigenvalue weighted by Gasteiger charge is -2.08. The Balaban J connectivity index is 1.37. The van der Waals surface area contributed by atoms with Crippen LogP contribution in [0.4, 0.5) is 0 Å². The van der Waals surface area contributed by atoms with Crippen molar-refractivity contribution < 1.29 is 4.42 Å². The second-order valence-corrected chi connectivity index (χ2v) is 7.94. The van der Waals surface area contributed by atoms with Gasteiger partial charge in [0.2, 0.25) is 5.89 Å². The Morgan fingerprint density at radius 1 is 1.33 bits per heavy atom.